The van der Waals surface area contributed by atoms with Crippen molar-refractivity contribution in [2.45, 2.75) is 33.0 Å². The summed E-state index contributed by atoms with van der Waals surface area (Å²) in [4.78, 5) is 12.1. The van der Waals surface area contributed by atoms with Crippen LogP contribution < -0.4 is 4.74 Å². The molecule has 0 amide bonds. The Bertz CT molecular complexity index is 689. The Hall–Kier alpha value is -2.09. The van der Waals surface area contributed by atoms with Crippen LogP contribution in [0.3, 0.4) is 0 Å². The van der Waals surface area contributed by atoms with Crippen molar-refractivity contribution in [1.82, 2.24) is 9.19 Å². The molecule has 0 aliphatic heterocycles. The van der Waals surface area contributed by atoms with Crippen molar-refractivity contribution < 1.29 is 23.0 Å². The Morgan fingerprint density at radius 2 is 2.09 bits per heavy atom. The average Bonchev–Trinajstić information content (AvgIpc) is 2.89. The lowest BCUT2D eigenvalue weighted by Crippen LogP contribution is -2.16. The van der Waals surface area contributed by atoms with Gasteiger partial charge < -0.3 is 9.47 Å². The molecule has 5 nitrogen and oxygen atoms in total. The number of thiol groups is 1. The number of aromatic nitrogens is 2. The van der Waals surface area contributed by atoms with E-state index in [0.29, 0.717) is 0 Å². The Morgan fingerprint density at radius 3 is 2.65 bits per heavy atom. The van der Waals surface area contributed by atoms with Gasteiger partial charge in [0.2, 0.25) is 5.88 Å². The summed E-state index contributed by atoms with van der Waals surface area (Å²) in [5.74, 6) is -0.451. The van der Waals surface area contributed by atoms with Gasteiger partial charge in [-0.3, -0.25) is 0 Å². The predicted octanol–water partition coefficient (Wildman–Crippen LogP) is 3.66. The third kappa shape index (κ3) is 4.44. The first-order valence-corrected chi connectivity index (χ1v) is 7.27. The summed E-state index contributed by atoms with van der Waals surface area (Å²) in [5, 5.41) is 3.88. The summed E-state index contributed by atoms with van der Waals surface area (Å²) >= 11 is 3.96. The van der Waals surface area contributed by atoms with Gasteiger partial charge in [0.1, 0.15) is 6.61 Å². The molecule has 0 N–H and O–H groups in total. The molecule has 0 unspecified atom stereocenters. The SMILES string of the molecule is CC(C)OC(=O)c1cccc(C(F)F)c1COc1ccn(S)n1. The van der Waals surface area contributed by atoms with Crippen LogP contribution in [0, 0.1) is 0 Å². The van der Waals surface area contributed by atoms with Crippen molar-refractivity contribution in [1.29, 1.82) is 0 Å². The number of hydrogen-bond acceptors (Lipinski definition) is 5. The highest BCUT2D eigenvalue weighted by Gasteiger charge is 2.22. The molecule has 2 aromatic rings. The van der Waals surface area contributed by atoms with Crippen LogP contribution in [0.25, 0.3) is 0 Å². The first-order valence-electron chi connectivity index (χ1n) is 6.87. The number of esters is 1. The zero-order chi connectivity index (χ0) is 17.0. The summed E-state index contributed by atoms with van der Waals surface area (Å²) in [5.41, 5.74) is -0.128. The Balaban J connectivity index is 2.31. The smallest absolute Gasteiger partial charge is 0.338 e. The number of benzene rings is 1. The lowest BCUT2D eigenvalue weighted by Gasteiger charge is -2.15. The summed E-state index contributed by atoms with van der Waals surface area (Å²) in [6, 6.07) is 5.62. The number of rotatable bonds is 6. The van der Waals surface area contributed by atoms with Crippen LogP contribution in [0.15, 0.2) is 30.5 Å². The van der Waals surface area contributed by atoms with Crippen molar-refractivity contribution in [3.63, 3.8) is 0 Å². The highest BCUT2D eigenvalue weighted by molar-refractivity contribution is 7.78. The minimum Gasteiger partial charge on any atom is -0.472 e. The second kappa shape index (κ2) is 7.45. The molecule has 1 heterocycles. The average molecular weight is 342 g/mol. The van der Waals surface area contributed by atoms with Crippen LogP contribution in [0.1, 0.15) is 41.8 Å². The van der Waals surface area contributed by atoms with Crippen molar-refractivity contribution in [3.8, 4) is 5.88 Å². The van der Waals surface area contributed by atoms with E-state index in [9.17, 15) is 13.6 Å². The number of alkyl halides is 2. The van der Waals surface area contributed by atoms with E-state index in [0.717, 1.165) is 0 Å². The number of carbonyl (C=O) groups excluding carboxylic acids is 1. The van der Waals surface area contributed by atoms with E-state index in [1.807, 2.05) is 0 Å². The molecule has 0 radical (unpaired) electrons. The van der Waals surface area contributed by atoms with E-state index in [1.165, 1.54) is 34.5 Å². The van der Waals surface area contributed by atoms with Gasteiger partial charge in [0.05, 0.1) is 11.7 Å². The standard InChI is InChI=1S/C15H16F2N2O3S/c1-9(2)22-15(20)11-5-3-4-10(14(16)17)12(11)8-21-13-6-7-19(23)18-13/h3-7,9,14,23H,8H2,1-2H3. The molecular formula is C15H16F2N2O3S. The maximum atomic E-state index is 13.2. The second-order valence-electron chi connectivity index (χ2n) is 4.99. The van der Waals surface area contributed by atoms with Crippen molar-refractivity contribution in [3.05, 3.63) is 47.2 Å². The summed E-state index contributed by atoms with van der Waals surface area (Å²) < 4.78 is 38.1. The van der Waals surface area contributed by atoms with E-state index in [2.05, 4.69) is 17.9 Å². The minimum atomic E-state index is -2.73. The minimum absolute atomic E-state index is 0.0572. The summed E-state index contributed by atoms with van der Waals surface area (Å²) in [6.07, 6.45) is -1.56. The van der Waals surface area contributed by atoms with Gasteiger partial charge in [-0.25, -0.2) is 17.7 Å². The fourth-order valence-corrected chi connectivity index (χ4v) is 2.12. The molecule has 23 heavy (non-hydrogen) atoms. The molecule has 1 aromatic carbocycles. The predicted molar refractivity (Wildman–Crippen MR) is 82.9 cm³/mol. The monoisotopic (exact) mass is 342 g/mol. The van der Waals surface area contributed by atoms with E-state index >= 15 is 0 Å². The van der Waals surface area contributed by atoms with E-state index < -0.39 is 12.4 Å². The zero-order valence-electron chi connectivity index (χ0n) is 12.6. The number of nitrogens with zero attached hydrogens (tertiary/aromatic N) is 2. The number of hydrogen-bond donors (Lipinski definition) is 1. The van der Waals surface area contributed by atoms with Crippen LogP contribution in [0.2, 0.25) is 0 Å². The maximum absolute atomic E-state index is 13.2. The zero-order valence-corrected chi connectivity index (χ0v) is 13.5. The lowest BCUT2D eigenvalue weighted by molar-refractivity contribution is 0.0374. The quantitative estimate of drug-likeness (QED) is 0.643. The fourth-order valence-electron chi connectivity index (χ4n) is 1.96. The molecule has 0 atom stereocenters. The van der Waals surface area contributed by atoms with E-state index in [-0.39, 0.29) is 35.3 Å². The van der Waals surface area contributed by atoms with Crippen molar-refractivity contribution in [2.75, 3.05) is 0 Å². The highest BCUT2D eigenvalue weighted by Crippen LogP contribution is 2.27. The number of halogens is 2. The molecule has 0 aliphatic carbocycles. The fraction of sp³-hybridized carbons (Fsp3) is 0.333. The molecule has 0 aliphatic rings. The largest absolute Gasteiger partial charge is 0.472 e. The van der Waals surface area contributed by atoms with Gasteiger partial charge in [0, 0.05) is 23.4 Å². The topological polar surface area (TPSA) is 53.4 Å². The Kier molecular flexibility index (Phi) is 5.59. The summed E-state index contributed by atoms with van der Waals surface area (Å²) in [7, 11) is 0. The van der Waals surface area contributed by atoms with Crippen molar-refractivity contribution >= 4 is 18.8 Å². The highest BCUT2D eigenvalue weighted by atomic mass is 32.1. The molecule has 1 aromatic heterocycles. The van der Waals surface area contributed by atoms with Gasteiger partial charge in [-0.05, 0) is 32.7 Å². The number of ether oxygens (including phenoxy) is 2. The van der Waals surface area contributed by atoms with Crippen LogP contribution in [0.4, 0.5) is 8.78 Å². The van der Waals surface area contributed by atoms with Crippen LogP contribution in [-0.4, -0.2) is 21.3 Å². The van der Waals surface area contributed by atoms with Crippen LogP contribution in [-0.2, 0) is 11.3 Å². The maximum Gasteiger partial charge on any atom is 0.338 e. The first-order chi connectivity index (χ1) is 10.9. The number of carbonyl (C=O) groups is 1. The van der Waals surface area contributed by atoms with Gasteiger partial charge in [-0.15, -0.1) is 5.10 Å². The molecule has 2 rings (SSSR count). The second-order valence-corrected chi connectivity index (χ2v) is 5.40. The van der Waals surface area contributed by atoms with E-state index in [1.54, 1.807) is 13.8 Å². The molecule has 0 saturated heterocycles. The lowest BCUT2D eigenvalue weighted by atomic mass is 10.0. The normalized spacial score (nSPS) is 11.1. The molecular weight excluding hydrogens is 326 g/mol. The molecule has 0 fully saturated rings. The molecule has 0 spiro atoms. The van der Waals surface area contributed by atoms with Gasteiger partial charge in [0.15, 0.2) is 0 Å². The summed E-state index contributed by atoms with van der Waals surface area (Å²) in [6.45, 7) is 3.14. The van der Waals surface area contributed by atoms with E-state index in [4.69, 9.17) is 9.47 Å². The molecule has 0 saturated carbocycles. The van der Waals surface area contributed by atoms with Gasteiger partial charge in [0.25, 0.3) is 6.43 Å². The molecule has 0 bridgehead atoms. The Labute approximate surface area is 137 Å². The molecule has 8 heteroatoms. The van der Waals surface area contributed by atoms with Gasteiger partial charge >= 0.3 is 5.97 Å². The van der Waals surface area contributed by atoms with Crippen LogP contribution >= 0.6 is 12.8 Å². The Morgan fingerprint density at radius 1 is 1.35 bits per heavy atom. The van der Waals surface area contributed by atoms with Gasteiger partial charge in [-0.1, -0.05) is 12.1 Å². The molecule has 124 valence electrons. The first kappa shape index (κ1) is 17.3. The van der Waals surface area contributed by atoms with Gasteiger partial charge in [-0.2, -0.15) is 0 Å². The third-order valence-electron chi connectivity index (χ3n) is 2.93. The van der Waals surface area contributed by atoms with Crippen molar-refractivity contribution in [2.24, 2.45) is 0 Å². The van der Waals surface area contributed by atoms with Crippen LogP contribution in [0.5, 0.6) is 5.88 Å². The third-order valence-corrected chi connectivity index (χ3v) is 3.15.